The van der Waals surface area contributed by atoms with Crippen molar-refractivity contribution in [2.45, 2.75) is 19.3 Å². The highest BCUT2D eigenvalue weighted by atomic mass is 127. The molecular weight excluding hydrogens is 477 g/mol. The molecule has 148 valence electrons. The van der Waals surface area contributed by atoms with Crippen molar-refractivity contribution in [2.75, 3.05) is 13.7 Å². The maximum Gasteiger partial charge on any atom is 0.422 e. The molecule has 0 atom stereocenters. The van der Waals surface area contributed by atoms with Gasteiger partial charge in [0.15, 0.2) is 12.6 Å². The predicted molar refractivity (Wildman–Crippen MR) is 107 cm³/mol. The zero-order chi connectivity index (χ0) is 19.0. The van der Waals surface area contributed by atoms with E-state index in [2.05, 4.69) is 20.4 Å². The molecule has 2 aromatic carbocycles. The SMILES string of the molecule is CN=C(NCc1ccc(OCC(F)(F)F)cc1)NCc1cccc(F)c1.I. The van der Waals surface area contributed by atoms with Crippen LogP contribution in [-0.4, -0.2) is 25.8 Å². The second-order valence-corrected chi connectivity index (χ2v) is 5.46. The summed E-state index contributed by atoms with van der Waals surface area (Å²) >= 11 is 0. The molecule has 0 radical (unpaired) electrons. The van der Waals surface area contributed by atoms with Crippen LogP contribution in [-0.2, 0) is 13.1 Å². The van der Waals surface area contributed by atoms with E-state index in [1.54, 1.807) is 31.3 Å². The predicted octanol–water partition coefficient (Wildman–Crippen LogP) is 4.25. The minimum Gasteiger partial charge on any atom is -0.484 e. The van der Waals surface area contributed by atoms with E-state index in [4.69, 9.17) is 0 Å². The first kappa shape index (κ1) is 23.0. The molecule has 0 saturated heterocycles. The van der Waals surface area contributed by atoms with Crippen LogP contribution in [0.4, 0.5) is 17.6 Å². The molecule has 0 amide bonds. The van der Waals surface area contributed by atoms with Crippen molar-refractivity contribution < 1.29 is 22.3 Å². The first-order valence-corrected chi connectivity index (χ1v) is 7.83. The molecule has 0 saturated carbocycles. The summed E-state index contributed by atoms with van der Waals surface area (Å²) in [5.41, 5.74) is 1.62. The molecule has 27 heavy (non-hydrogen) atoms. The van der Waals surface area contributed by atoms with Gasteiger partial charge in [0.25, 0.3) is 0 Å². The van der Waals surface area contributed by atoms with Crippen molar-refractivity contribution in [3.8, 4) is 5.75 Å². The van der Waals surface area contributed by atoms with Gasteiger partial charge in [0, 0.05) is 20.1 Å². The van der Waals surface area contributed by atoms with Crippen LogP contribution in [0.2, 0.25) is 0 Å². The highest BCUT2D eigenvalue weighted by Crippen LogP contribution is 2.18. The third-order valence-corrected chi connectivity index (χ3v) is 3.36. The Hall–Kier alpha value is -2.04. The molecule has 2 N–H and O–H groups in total. The second-order valence-electron chi connectivity index (χ2n) is 5.46. The topological polar surface area (TPSA) is 45.7 Å². The Bertz CT molecular complexity index is 736. The highest BCUT2D eigenvalue weighted by Gasteiger charge is 2.28. The van der Waals surface area contributed by atoms with Gasteiger partial charge in [-0.1, -0.05) is 24.3 Å². The molecule has 2 rings (SSSR count). The van der Waals surface area contributed by atoms with E-state index in [9.17, 15) is 17.6 Å². The smallest absolute Gasteiger partial charge is 0.422 e. The zero-order valence-corrected chi connectivity index (χ0v) is 16.8. The van der Waals surface area contributed by atoms with Gasteiger partial charge in [-0.2, -0.15) is 13.2 Å². The van der Waals surface area contributed by atoms with Crippen LogP contribution >= 0.6 is 24.0 Å². The maximum atomic E-state index is 13.1. The van der Waals surface area contributed by atoms with Crippen molar-refractivity contribution >= 4 is 29.9 Å². The summed E-state index contributed by atoms with van der Waals surface area (Å²) < 4.78 is 54.1. The lowest BCUT2D eigenvalue weighted by molar-refractivity contribution is -0.153. The number of rotatable bonds is 6. The third-order valence-electron chi connectivity index (χ3n) is 3.36. The van der Waals surface area contributed by atoms with Gasteiger partial charge >= 0.3 is 6.18 Å². The summed E-state index contributed by atoms with van der Waals surface area (Å²) in [4.78, 5) is 4.07. The van der Waals surface area contributed by atoms with E-state index in [1.165, 1.54) is 24.3 Å². The van der Waals surface area contributed by atoms with Gasteiger partial charge in [0.1, 0.15) is 11.6 Å². The summed E-state index contributed by atoms with van der Waals surface area (Å²) in [7, 11) is 1.61. The fourth-order valence-electron chi connectivity index (χ4n) is 2.11. The van der Waals surface area contributed by atoms with E-state index in [0.29, 0.717) is 19.0 Å². The van der Waals surface area contributed by atoms with Crippen molar-refractivity contribution in [1.82, 2.24) is 10.6 Å². The number of guanidine groups is 1. The summed E-state index contributed by atoms with van der Waals surface area (Å²) in [5.74, 6) is 0.367. The van der Waals surface area contributed by atoms with Gasteiger partial charge in [-0.3, -0.25) is 4.99 Å². The number of ether oxygens (including phenoxy) is 1. The lowest BCUT2D eigenvalue weighted by Gasteiger charge is -2.13. The Balaban J connectivity index is 0.00000364. The number of hydrogen-bond acceptors (Lipinski definition) is 2. The highest BCUT2D eigenvalue weighted by molar-refractivity contribution is 14.0. The third kappa shape index (κ3) is 8.94. The lowest BCUT2D eigenvalue weighted by atomic mass is 10.2. The molecule has 9 heteroatoms. The first-order valence-electron chi connectivity index (χ1n) is 7.83. The largest absolute Gasteiger partial charge is 0.484 e. The minimum atomic E-state index is -4.36. The van der Waals surface area contributed by atoms with Gasteiger partial charge in [-0.05, 0) is 35.4 Å². The van der Waals surface area contributed by atoms with E-state index < -0.39 is 12.8 Å². The van der Waals surface area contributed by atoms with E-state index >= 15 is 0 Å². The van der Waals surface area contributed by atoms with E-state index in [-0.39, 0.29) is 35.5 Å². The zero-order valence-electron chi connectivity index (χ0n) is 14.5. The number of nitrogens with zero attached hydrogens (tertiary/aromatic N) is 1. The normalized spacial score (nSPS) is 11.5. The molecule has 0 aliphatic carbocycles. The molecule has 0 aromatic heterocycles. The molecular formula is C18H20F4IN3O. The fourth-order valence-corrected chi connectivity index (χ4v) is 2.11. The number of halogens is 5. The number of nitrogens with one attached hydrogen (secondary N) is 2. The summed E-state index contributed by atoms with van der Waals surface area (Å²) in [6.07, 6.45) is -4.36. The second kappa shape index (κ2) is 11.0. The van der Waals surface area contributed by atoms with Crippen LogP contribution in [0.5, 0.6) is 5.75 Å². The van der Waals surface area contributed by atoms with Crippen LogP contribution < -0.4 is 15.4 Å². The number of aliphatic imine (C=N–C) groups is 1. The molecule has 0 unspecified atom stereocenters. The van der Waals surface area contributed by atoms with Gasteiger partial charge < -0.3 is 15.4 Å². The van der Waals surface area contributed by atoms with Gasteiger partial charge in [0.2, 0.25) is 0 Å². The monoisotopic (exact) mass is 497 g/mol. The first-order chi connectivity index (χ1) is 12.4. The Labute approximate surface area is 172 Å². The molecule has 0 spiro atoms. The van der Waals surface area contributed by atoms with Gasteiger partial charge in [0.05, 0.1) is 0 Å². The van der Waals surface area contributed by atoms with Crippen LogP contribution in [0.15, 0.2) is 53.5 Å². The Morgan fingerprint density at radius 3 is 2.19 bits per heavy atom. The quantitative estimate of drug-likeness (QED) is 0.272. The molecule has 0 fully saturated rings. The molecule has 0 bridgehead atoms. The number of hydrogen-bond donors (Lipinski definition) is 2. The Kier molecular flexibility index (Phi) is 9.33. The molecule has 2 aromatic rings. The van der Waals surface area contributed by atoms with Gasteiger partial charge in [-0.15, -0.1) is 24.0 Å². The minimum absolute atomic E-state index is 0. The molecule has 0 aliphatic heterocycles. The molecule has 4 nitrogen and oxygen atoms in total. The Morgan fingerprint density at radius 2 is 1.63 bits per heavy atom. The van der Waals surface area contributed by atoms with Crippen molar-refractivity contribution in [1.29, 1.82) is 0 Å². The van der Waals surface area contributed by atoms with Crippen molar-refractivity contribution in [2.24, 2.45) is 4.99 Å². The van der Waals surface area contributed by atoms with Crippen LogP contribution in [0.3, 0.4) is 0 Å². The van der Waals surface area contributed by atoms with E-state index in [1.807, 2.05) is 0 Å². The maximum absolute atomic E-state index is 13.1. The van der Waals surface area contributed by atoms with Crippen molar-refractivity contribution in [3.63, 3.8) is 0 Å². The summed E-state index contributed by atoms with van der Waals surface area (Å²) in [6, 6.07) is 12.5. The van der Waals surface area contributed by atoms with Crippen LogP contribution in [0, 0.1) is 5.82 Å². The lowest BCUT2D eigenvalue weighted by Crippen LogP contribution is -2.36. The summed E-state index contributed by atoms with van der Waals surface area (Å²) in [6.45, 7) is -0.495. The van der Waals surface area contributed by atoms with Crippen LogP contribution in [0.1, 0.15) is 11.1 Å². The van der Waals surface area contributed by atoms with Gasteiger partial charge in [-0.25, -0.2) is 4.39 Å². The average molecular weight is 497 g/mol. The summed E-state index contributed by atoms with van der Waals surface area (Å²) in [5, 5.41) is 6.12. The number of alkyl halides is 3. The number of benzene rings is 2. The fraction of sp³-hybridized carbons (Fsp3) is 0.278. The average Bonchev–Trinajstić information content (AvgIpc) is 2.60. The molecule has 0 aliphatic rings. The molecule has 0 heterocycles. The Morgan fingerprint density at radius 1 is 1.00 bits per heavy atom. The van der Waals surface area contributed by atoms with Crippen molar-refractivity contribution in [3.05, 3.63) is 65.5 Å². The van der Waals surface area contributed by atoms with E-state index in [0.717, 1.165) is 11.1 Å². The van der Waals surface area contributed by atoms with Crippen LogP contribution in [0.25, 0.3) is 0 Å². The standard InChI is InChI=1S/C18H19F4N3O.HI/c1-23-17(25-11-14-3-2-4-15(19)9-14)24-10-13-5-7-16(8-6-13)26-12-18(20,21)22;/h2-9H,10-12H2,1H3,(H2,23,24,25);1H.